The molecule has 4 aromatic rings. The lowest BCUT2D eigenvalue weighted by molar-refractivity contribution is 0.914. The van der Waals surface area contributed by atoms with Crippen LogP contribution in [0.25, 0.3) is 28.1 Å². The Balaban J connectivity index is 1.72. The van der Waals surface area contributed by atoms with Crippen molar-refractivity contribution in [2.24, 2.45) is 5.73 Å². The van der Waals surface area contributed by atoms with Gasteiger partial charge >= 0.3 is 0 Å². The van der Waals surface area contributed by atoms with E-state index in [0.29, 0.717) is 6.54 Å². The van der Waals surface area contributed by atoms with Crippen molar-refractivity contribution in [2.75, 3.05) is 0 Å². The minimum atomic E-state index is 0.538. The van der Waals surface area contributed by atoms with E-state index < -0.39 is 0 Å². The summed E-state index contributed by atoms with van der Waals surface area (Å²) in [4.78, 5) is 7.36. The van der Waals surface area contributed by atoms with Gasteiger partial charge in [-0.1, -0.05) is 6.07 Å². The normalized spacial score (nSPS) is 11.1. The van der Waals surface area contributed by atoms with Gasteiger partial charge in [-0.2, -0.15) is 0 Å². The Bertz CT molecular complexity index is 906. The summed E-state index contributed by atoms with van der Waals surface area (Å²) < 4.78 is 1.81. The van der Waals surface area contributed by atoms with Crippen LogP contribution in [0.2, 0.25) is 0 Å². The van der Waals surface area contributed by atoms with Gasteiger partial charge in [0, 0.05) is 29.8 Å². The summed E-state index contributed by atoms with van der Waals surface area (Å²) in [6.45, 7) is 0.538. The van der Waals surface area contributed by atoms with Crippen molar-refractivity contribution in [1.29, 1.82) is 0 Å². The molecular weight excluding hydrogens is 276 g/mol. The van der Waals surface area contributed by atoms with Crippen molar-refractivity contribution in [1.82, 2.24) is 24.7 Å². The Morgan fingerprint density at radius 1 is 1.09 bits per heavy atom. The van der Waals surface area contributed by atoms with Gasteiger partial charge in [-0.25, -0.2) is 4.98 Å². The van der Waals surface area contributed by atoms with Gasteiger partial charge < -0.3 is 10.7 Å². The molecule has 0 fully saturated rings. The van der Waals surface area contributed by atoms with Crippen LogP contribution in [0.4, 0.5) is 0 Å². The predicted molar refractivity (Wildman–Crippen MR) is 84.3 cm³/mol. The average molecular weight is 290 g/mol. The second kappa shape index (κ2) is 5.09. The molecule has 0 aliphatic carbocycles. The highest BCUT2D eigenvalue weighted by Crippen LogP contribution is 2.23. The van der Waals surface area contributed by atoms with E-state index in [2.05, 4.69) is 32.3 Å². The molecule has 0 amide bonds. The lowest BCUT2D eigenvalue weighted by Crippen LogP contribution is -1.97. The van der Waals surface area contributed by atoms with E-state index in [4.69, 9.17) is 5.73 Å². The summed E-state index contributed by atoms with van der Waals surface area (Å²) in [5.41, 5.74) is 9.59. The van der Waals surface area contributed by atoms with Crippen LogP contribution in [-0.4, -0.2) is 24.7 Å². The Morgan fingerprint density at radius 2 is 2.05 bits per heavy atom. The molecular formula is C16H14N6. The maximum absolute atomic E-state index is 5.68. The maximum atomic E-state index is 5.68. The van der Waals surface area contributed by atoms with Crippen LogP contribution < -0.4 is 5.73 Å². The van der Waals surface area contributed by atoms with Crippen LogP contribution in [0.5, 0.6) is 0 Å². The summed E-state index contributed by atoms with van der Waals surface area (Å²) in [5.74, 6) is 0.739. The summed E-state index contributed by atoms with van der Waals surface area (Å²) in [6, 6.07) is 12.1. The monoisotopic (exact) mass is 290 g/mol. The molecule has 108 valence electrons. The molecule has 0 saturated carbocycles. The lowest BCUT2D eigenvalue weighted by Gasteiger charge is -2.00. The van der Waals surface area contributed by atoms with Gasteiger partial charge in [0.2, 0.25) is 0 Å². The molecule has 1 aromatic carbocycles. The number of nitrogens with one attached hydrogen (secondary N) is 1. The fraction of sp³-hybridized carbons (Fsp3) is 0.0625. The topological polar surface area (TPSA) is 85.4 Å². The SMILES string of the molecule is NCc1ccc2[nH]c(-c3ccc(-n4ccnc4)nn3)cc2c1. The zero-order valence-corrected chi connectivity index (χ0v) is 11.8. The molecule has 0 radical (unpaired) electrons. The van der Waals surface area contributed by atoms with Gasteiger partial charge in [0.25, 0.3) is 0 Å². The standard InChI is InChI=1S/C16H14N6/c17-9-11-1-2-13-12(7-11)8-15(19-13)14-3-4-16(21-20-14)22-6-5-18-10-22/h1-8,10,19H,9,17H2. The lowest BCUT2D eigenvalue weighted by atomic mass is 10.1. The van der Waals surface area contributed by atoms with Gasteiger partial charge in [0.15, 0.2) is 5.82 Å². The molecule has 6 heteroatoms. The van der Waals surface area contributed by atoms with Crippen molar-refractivity contribution in [3.63, 3.8) is 0 Å². The molecule has 0 atom stereocenters. The Hall–Kier alpha value is -2.99. The molecule has 3 aromatic heterocycles. The second-order valence-corrected chi connectivity index (χ2v) is 5.06. The Kier molecular flexibility index (Phi) is 2.94. The predicted octanol–water partition coefficient (Wildman–Crippen LogP) is 2.27. The number of hydrogen-bond acceptors (Lipinski definition) is 4. The number of fused-ring (bicyclic) bond motifs is 1. The Morgan fingerprint density at radius 3 is 2.77 bits per heavy atom. The number of hydrogen-bond donors (Lipinski definition) is 2. The van der Waals surface area contributed by atoms with Gasteiger partial charge in [0.05, 0.1) is 5.69 Å². The number of nitrogens with zero attached hydrogens (tertiary/aromatic N) is 4. The molecule has 6 nitrogen and oxygen atoms in total. The summed E-state index contributed by atoms with van der Waals surface area (Å²) in [7, 11) is 0. The number of benzene rings is 1. The summed E-state index contributed by atoms with van der Waals surface area (Å²) >= 11 is 0. The van der Waals surface area contributed by atoms with Crippen molar-refractivity contribution in [2.45, 2.75) is 6.54 Å². The number of aromatic nitrogens is 5. The minimum absolute atomic E-state index is 0.538. The molecule has 3 N–H and O–H groups in total. The van der Waals surface area contributed by atoms with Crippen LogP contribution in [0.1, 0.15) is 5.56 Å². The van der Waals surface area contributed by atoms with Crippen molar-refractivity contribution in [3.05, 3.63) is 60.7 Å². The first kappa shape index (κ1) is 12.7. The van der Waals surface area contributed by atoms with Crippen LogP contribution in [0.15, 0.2) is 55.1 Å². The number of imidazole rings is 1. The number of rotatable bonds is 3. The molecule has 0 spiro atoms. The van der Waals surface area contributed by atoms with Crippen molar-refractivity contribution >= 4 is 10.9 Å². The third-order valence-corrected chi connectivity index (χ3v) is 3.62. The summed E-state index contributed by atoms with van der Waals surface area (Å²) in [5, 5.41) is 9.65. The Labute approximate surface area is 126 Å². The first-order valence-corrected chi connectivity index (χ1v) is 6.97. The van der Waals surface area contributed by atoms with Gasteiger partial charge in [-0.3, -0.25) is 4.57 Å². The van der Waals surface area contributed by atoms with Gasteiger partial charge in [-0.15, -0.1) is 10.2 Å². The first-order valence-electron chi connectivity index (χ1n) is 6.97. The van der Waals surface area contributed by atoms with Crippen LogP contribution >= 0.6 is 0 Å². The molecule has 0 unspecified atom stereocenters. The molecule has 3 heterocycles. The van der Waals surface area contributed by atoms with E-state index in [-0.39, 0.29) is 0 Å². The number of aromatic amines is 1. The van der Waals surface area contributed by atoms with E-state index in [9.17, 15) is 0 Å². The third kappa shape index (κ3) is 2.15. The molecule has 0 aliphatic rings. The molecule has 0 bridgehead atoms. The molecule has 4 rings (SSSR count). The van der Waals surface area contributed by atoms with E-state index >= 15 is 0 Å². The molecule has 0 aliphatic heterocycles. The fourth-order valence-electron chi connectivity index (χ4n) is 2.45. The highest BCUT2D eigenvalue weighted by Gasteiger charge is 2.06. The summed E-state index contributed by atoms with van der Waals surface area (Å²) in [6.07, 6.45) is 5.24. The molecule has 0 saturated heterocycles. The van der Waals surface area contributed by atoms with Crippen molar-refractivity contribution in [3.8, 4) is 17.2 Å². The molecule has 22 heavy (non-hydrogen) atoms. The van der Waals surface area contributed by atoms with Crippen molar-refractivity contribution < 1.29 is 0 Å². The highest BCUT2D eigenvalue weighted by atomic mass is 15.2. The average Bonchev–Trinajstić information content (AvgIpc) is 3.23. The number of nitrogens with two attached hydrogens (primary N) is 1. The van der Waals surface area contributed by atoms with E-state index in [1.807, 2.05) is 35.0 Å². The fourth-order valence-corrected chi connectivity index (χ4v) is 2.45. The first-order chi connectivity index (χ1) is 10.8. The van der Waals surface area contributed by atoms with E-state index in [1.54, 1.807) is 12.5 Å². The van der Waals surface area contributed by atoms with E-state index in [0.717, 1.165) is 33.7 Å². The van der Waals surface area contributed by atoms with E-state index in [1.165, 1.54) is 0 Å². The van der Waals surface area contributed by atoms with Crippen LogP contribution in [0, 0.1) is 0 Å². The largest absolute Gasteiger partial charge is 0.353 e. The van der Waals surface area contributed by atoms with Gasteiger partial charge in [-0.05, 0) is 35.9 Å². The third-order valence-electron chi connectivity index (χ3n) is 3.62. The van der Waals surface area contributed by atoms with Gasteiger partial charge in [0.1, 0.15) is 12.0 Å². The second-order valence-electron chi connectivity index (χ2n) is 5.06. The van der Waals surface area contributed by atoms with Crippen LogP contribution in [-0.2, 0) is 6.54 Å². The zero-order valence-electron chi connectivity index (χ0n) is 11.8. The zero-order chi connectivity index (χ0) is 14.9. The quantitative estimate of drug-likeness (QED) is 0.606. The number of H-pyrrole nitrogens is 1. The minimum Gasteiger partial charge on any atom is -0.353 e. The van der Waals surface area contributed by atoms with Crippen LogP contribution in [0.3, 0.4) is 0 Å². The maximum Gasteiger partial charge on any atom is 0.160 e. The highest BCUT2D eigenvalue weighted by molar-refractivity contribution is 5.85. The smallest absolute Gasteiger partial charge is 0.160 e.